The van der Waals surface area contributed by atoms with Crippen molar-refractivity contribution in [2.75, 3.05) is 13.1 Å². The number of benzene rings is 1. The lowest BCUT2D eigenvalue weighted by Crippen LogP contribution is -2.60. The van der Waals surface area contributed by atoms with Crippen LogP contribution < -0.4 is 21.7 Å². The fourth-order valence-electron chi connectivity index (χ4n) is 5.01. The predicted octanol–water partition coefficient (Wildman–Crippen LogP) is 1.41. The second kappa shape index (κ2) is 14.3. The lowest BCUT2D eigenvalue weighted by molar-refractivity contribution is -0.143. The Morgan fingerprint density at radius 1 is 1.02 bits per heavy atom. The number of Topliss-reactive ketones (excluding diaryl/α,β-unsaturated/α-hetero) is 1. The first-order valence-corrected chi connectivity index (χ1v) is 14.5. The molecule has 0 aromatic heterocycles. The zero-order chi connectivity index (χ0) is 31.0. The van der Waals surface area contributed by atoms with E-state index in [1.54, 1.807) is 20.8 Å². The summed E-state index contributed by atoms with van der Waals surface area (Å²) in [4.78, 5) is 77.7. The van der Waals surface area contributed by atoms with Crippen molar-refractivity contribution in [2.24, 2.45) is 23.0 Å². The van der Waals surface area contributed by atoms with Crippen LogP contribution in [0.25, 0.3) is 0 Å². The molecule has 1 heterocycles. The Hall–Kier alpha value is -3.96. The second-order valence-electron chi connectivity index (χ2n) is 12.3. The number of rotatable bonds is 13. The summed E-state index contributed by atoms with van der Waals surface area (Å²) >= 11 is 0. The van der Waals surface area contributed by atoms with E-state index in [9.17, 15) is 28.8 Å². The number of ketones is 1. The van der Waals surface area contributed by atoms with E-state index in [0.717, 1.165) is 24.8 Å². The summed E-state index contributed by atoms with van der Waals surface area (Å²) in [7, 11) is 0. The highest BCUT2D eigenvalue weighted by molar-refractivity contribution is 6.37. The van der Waals surface area contributed by atoms with Crippen LogP contribution in [0.1, 0.15) is 65.4 Å². The molecule has 3 unspecified atom stereocenters. The van der Waals surface area contributed by atoms with Crippen LogP contribution in [0.4, 0.5) is 4.79 Å². The highest BCUT2D eigenvalue weighted by atomic mass is 16.5. The Labute approximate surface area is 246 Å². The molecule has 0 radical (unpaired) electrons. The molecule has 1 aliphatic heterocycles. The first-order valence-electron chi connectivity index (χ1n) is 14.5. The number of esters is 1. The van der Waals surface area contributed by atoms with E-state index in [-0.39, 0.29) is 18.4 Å². The van der Waals surface area contributed by atoms with Gasteiger partial charge in [-0.2, -0.15) is 0 Å². The van der Waals surface area contributed by atoms with Crippen molar-refractivity contribution in [3.8, 4) is 0 Å². The molecular weight excluding hydrogens is 542 g/mol. The van der Waals surface area contributed by atoms with Crippen LogP contribution in [0.3, 0.4) is 0 Å². The average molecular weight is 586 g/mol. The summed E-state index contributed by atoms with van der Waals surface area (Å²) in [6.07, 6.45) is 3.25. The number of ether oxygens (including phenoxy) is 1. The van der Waals surface area contributed by atoms with E-state index in [1.165, 1.54) is 4.90 Å². The molecule has 0 spiro atoms. The van der Waals surface area contributed by atoms with Crippen molar-refractivity contribution >= 4 is 35.5 Å². The quantitative estimate of drug-likeness (QED) is 0.200. The predicted molar refractivity (Wildman–Crippen MR) is 153 cm³/mol. The van der Waals surface area contributed by atoms with Gasteiger partial charge in [0, 0.05) is 6.54 Å². The Morgan fingerprint density at radius 3 is 2.26 bits per heavy atom. The first kappa shape index (κ1) is 32.6. The molecule has 3 rings (SSSR count). The summed E-state index contributed by atoms with van der Waals surface area (Å²) < 4.78 is 5.18. The Morgan fingerprint density at radius 2 is 1.69 bits per heavy atom. The van der Waals surface area contributed by atoms with Crippen LogP contribution in [-0.4, -0.2) is 71.6 Å². The van der Waals surface area contributed by atoms with Crippen LogP contribution in [0, 0.1) is 17.3 Å². The molecule has 1 saturated heterocycles. The zero-order valence-electron chi connectivity index (χ0n) is 24.8. The van der Waals surface area contributed by atoms with Crippen molar-refractivity contribution in [1.82, 2.24) is 20.9 Å². The molecule has 2 fully saturated rings. The van der Waals surface area contributed by atoms with Crippen molar-refractivity contribution in [1.29, 1.82) is 0 Å². The first-order chi connectivity index (χ1) is 19.8. The molecule has 1 aromatic carbocycles. The Bertz CT molecular complexity index is 1160. The van der Waals surface area contributed by atoms with E-state index in [0.29, 0.717) is 19.4 Å². The van der Waals surface area contributed by atoms with E-state index in [2.05, 4.69) is 16.0 Å². The number of nitrogens with two attached hydrogens (primary N) is 1. The number of carbonyl (C=O) groups excluding carboxylic acids is 6. The van der Waals surface area contributed by atoms with Gasteiger partial charge in [-0.1, -0.05) is 77.3 Å². The van der Waals surface area contributed by atoms with Gasteiger partial charge < -0.3 is 31.3 Å². The van der Waals surface area contributed by atoms with E-state index in [1.807, 2.05) is 37.3 Å². The lowest BCUT2D eigenvalue weighted by Gasteiger charge is -2.35. The smallest absolute Gasteiger partial charge is 0.325 e. The van der Waals surface area contributed by atoms with Crippen LogP contribution in [-0.2, 0) is 35.3 Å². The minimum Gasteiger partial charge on any atom is -0.460 e. The number of primary amides is 1. The van der Waals surface area contributed by atoms with E-state index >= 15 is 0 Å². The molecule has 1 aliphatic carbocycles. The fourth-order valence-corrected chi connectivity index (χ4v) is 5.01. The molecule has 12 nitrogen and oxygen atoms in total. The highest BCUT2D eigenvalue weighted by Crippen LogP contribution is 2.34. The third-order valence-electron chi connectivity index (χ3n) is 7.72. The molecule has 5 N–H and O–H groups in total. The molecular formula is C30H43N5O7. The van der Waals surface area contributed by atoms with Gasteiger partial charge >= 0.3 is 12.0 Å². The lowest BCUT2D eigenvalue weighted by atomic mass is 9.85. The van der Waals surface area contributed by atoms with Gasteiger partial charge in [0.05, 0.1) is 6.04 Å². The number of hydrogen-bond acceptors (Lipinski definition) is 7. The van der Waals surface area contributed by atoms with Crippen LogP contribution in [0.5, 0.6) is 0 Å². The molecule has 42 heavy (non-hydrogen) atoms. The maximum Gasteiger partial charge on any atom is 0.325 e. The number of nitrogens with zero attached hydrogens (tertiary/aromatic N) is 1. The largest absolute Gasteiger partial charge is 0.460 e. The van der Waals surface area contributed by atoms with Gasteiger partial charge in [0.25, 0.3) is 5.91 Å². The summed E-state index contributed by atoms with van der Waals surface area (Å²) in [5, 5.41) is 7.79. The van der Waals surface area contributed by atoms with Crippen molar-refractivity contribution in [3.63, 3.8) is 0 Å². The second-order valence-corrected chi connectivity index (χ2v) is 12.3. The molecule has 12 heteroatoms. The van der Waals surface area contributed by atoms with Gasteiger partial charge in [-0.15, -0.1) is 0 Å². The summed E-state index contributed by atoms with van der Waals surface area (Å²) in [5.41, 5.74) is 5.28. The van der Waals surface area contributed by atoms with Crippen molar-refractivity contribution in [2.45, 2.75) is 84.5 Å². The zero-order valence-corrected chi connectivity index (χ0v) is 24.8. The summed E-state index contributed by atoms with van der Waals surface area (Å²) in [6.45, 7) is 7.27. The molecule has 5 amide bonds. The molecule has 230 valence electrons. The van der Waals surface area contributed by atoms with Crippen LogP contribution in [0.15, 0.2) is 30.3 Å². The van der Waals surface area contributed by atoms with Crippen LogP contribution in [0.2, 0.25) is 0 Å². The minimum atomic E-state index is -1.11. The van der Waals surface area contributed by atoms with E-state index < -0.39 is 65.6 Å². The average Bonchev–Trinajstić information content (AvgIpc) is 3.66. The number of hydrogen-bond donors (Lipinski definition) is 4. The number of likely N-dealkylation sites (tertiary alicyclic amines) is 1. The maximum absolute atomic E-state index is 13.9. The molecule has 2 aliphatic rings. The van der Waals surface area contributed by atoms with Gasteiger partial charge in [-0.05, 0) is 35.7 Å². The number of urea groups is 1. The third kappa shape index (κ3) is 9.28. The molecule has 1 saturated carbocycles. The van der Waals surface area contributed by atoms with Crippen LogP contribution >= 0.6 is 0 Å². The number of carbonyl (C=O) groups is 6. The Balaban J connectivity index is 1.65. The van der Waals surface area contributed by atoms with Gasteiger partial charge in [-0.25, -0.2) is 4.79 Å². The summed E-state index contributed by atoms with van der Waals surface area (Å²) in [5.74, 6) is -3.32. The standard InChI is InChI=1S/C30H43N5O7/c1-5-18-14-22(27(39)33-21(13-19-11-12-19)24(37)26(31)38)35(16-18)28(40)25(30(2,3)4)34-29(41)32-15-23(36)42-17-20-9-7-6-8-10-20/h6-10,18-19,21-22,25H,5,11-17H2,1-4H3,(H2,31,38)(H,33,39)(H2,32,34,41)/t18?,21?,22-,25?/m0/s1. The van der Waals surface area contributed by atoms with E-state index in [4.69, 9.17) is 10.5 Å². The molecule has 0 bridgehead atoms. The topological polar surface area (TPSA) is 177 Å². The summed E-state index contributed by atoms with van der Waals surface area (Å²) in [6, 6.07) is 5.43. The number of amides is 5. The Kier molecular flexibility index (Phi) is 11.1. The normalized spacial score (nSPS) is 19.8. The van der Waals surface area contributed by atoms with Gasteiger partial charge in [0.15, 0.2) is 0 Å². The van der Waals surface area contributed by atoms with Gasteiger partial charge in [-0.3, -0.25) is 24.0 Å². The number of nitrogens with one attached hydrogen (secondary N) is 3. The van der Waals surface area contributed by atoms with Gasteiger partial charge in [0.2, 0.25) is 17.6 Å². The van der Waals surface area contributed by atoms with Crippen molar-refractivity contribution in [3.05, 3.63) is 35.9 Å². The van der Waals surface area contributed by atoms with Gasteiger partial charge in [0.1, 0.15) is 25.2 Å². The monoisotopic (exact) mass is 585 g/mol. The molecule has 1 aromatic rings. The van der Waals surface area contributed by atoms with Crippen molar-refractivity contribution < 1.29 is 33.5 Å². The third-order valence-corrected chi connectivity index (χ3v) is 7.72. The highest BCUT2D eigenvalue weighted by Gasteiger charge is 2.45. The minimum absolute atomic E-state index is 0.0345. The maximum atomic E-state index is 13.9. The fraction of sp³-hybridized carbons (Fsp3) is 0.600. The SMILES string of the molecule is CCC1C[C@@H](C(=O)NC(CC2CC2)C(=O)C(N)=O)N(C(=O)C(NC(=O)NCC(=O)OCc2ccccc2)C(C)(C)C)C1. The molecule has 4 atom stereocenters.